The molecule has 0 bridgehead atoms. The molecule has 0 spiro atoms. The molecule has 1 heterocycles. The minimum Gasteiger partial charge on any atom is -0.493 e. The Morgan fingerprint density at radius 2 is 1.77 bits per heavy atom. The van der Waals surface area contributed by atoms with Gasteiger partial charge in [0.25, 0.3) is 0 Å². The molecule has 0 saturated heterocycles. The fourth-order valence-electron chi connectivity index (χ4n) is 3.63. The number of carbonyl (C=O) groups excluding carboxylic acids is 1. The Morgan fingerprint density at radius 1 is 1.07 bits per heavy atom. The molecule has 0 N–H and O–H groups in total. The summed E-state index contributed by atoms with van der Waals surface area (Å²) in [6.45, 7) is 5.89. The zero-order chi connectivity index (χ0) is 22.1. The van der Waals surface area contributed by atoms with Crippen molar-refractivity contribution in [2.24, 2.45) is 0 Å². The molecule has 0 radical (unpaired) electrons. The van der Waals surface area contributed by atoms with Crippen LogP contribution in [-0.2, 0) is 6.42 Å². The lowest BCUT2D eigenvalue weighted by Crippen LogP contribution is -2.21. The number of methoxy groups -OCH3 is 2. The highest BCUT2D eigenvalue weighted by Gasteiger charge is 2.25. The van der Waals surface area contributed by atoms with Gasteiger partial charge in [-0.3, -0.25) is 9.78 Å². The number of hydrogen-bond donors (Lipinski definition) is 0. The second-order valence-electron chi connectivity index (χ2n) is 7.07. The first-order valence-electron chi connectivity index (χ1n) is 10.6. The minimum atomic E-state index is -0.0933. The standard InChI is InChI=1S/C22H26ClNO4.C2H6/c1-14-12-24-13-18(23)17(14)11-19(25)16-9-10-20(26-2)22(21(16)27-3)28-15-7-5-4-6-8-15;1-2/h9-10,12-13,15H,4-8,11H2,1-3H3;1-2H3. The van der Waals surface area contributed by atoms with E-state index in [0.29, 0.717) is 27.8 Å². The van der Waals surface area contributed by atoms with Gasteiger partial charge >= 0.3 is 0 Å². The number of Topliss-reactive ketones (excluding diaryl/α,β-unsaturated/α-hetero) is 1. The Bertz CT molecular complexity index is 827. The molecule has 5 nitrogen and oxygen atoms in total. The summed E-state index contributed by atoms with van der Waals surface area (Å²) < 4.78 is 17.3. The van der Waals surface area contributed by atoms with Gasteiger partial charge < -0.3 is 14.2 Å². The molecule has 2 aromatic rings. The number of hydrogen-bond acceptors (Lipinski definition) is 5. The summed E-state index contributed by atoms with van der Waals surface area (Å²) in [5.74, 6) is 1.39. The summed E-state index contributed by atoms with van der Waals surface area (Å²) in [6, 6.07) is 3.48. The number of ketones is 1. The van der Waals surface area contributed by atoms with Crippen molar-refractivity contribution in [3.05, 3.63) is 46.2 Å². The van der Waals surface area contributed by atoms with E-state index in [0.717, 1.165) is 36.8 Å². The predicted molar refractivity (Wildman–Crippen MR) is 120 cm³/mol. The van der Waals surface area contributed by atoms with Crippen LogP contribution in [0, 0.1) is 6.92 Å². The van der Waals surface area contributed by atoms with Crippen molar-refractivity contribution in [3.63, 3.8) is 0 Å². The van der Waals surface area contributed by atoms with Gasteiger partial charge in [-0.2, -0.15) is 0 Å². The van der Waals surface area contributed by atoms with Crippen LogP contribution in [0.1, 0.15) is 67.4 Å². The molecule has 0 amide bonds. The number of carbonyl (C=O) groups is 1. The third kappa shape index (κ3) is 5.66. The van der Waals surface area contributed by atoms with E-state index in [1.807, 2.05) is 20.8 Å². The predicted octanol–water partition coefficient (Wildman–Crippen LogP) is 6.22. The molecule has 3 rings (SSSR count). The first-order chi connectivity index (χ1) is 14.5. The summed E-state index contributed by atoms with van der Waals surface area (Å²) >= 11 is 6.25. The molecule has 1 aliphatic rings. The molecule has 0 aliphatic heterocycles. The van der Waals surface area contributed by atoms with Gasteiger partial charge in [-0.25, -0.2) is 0 Å². The summed E-state index contributed by atoms with van der Waals surface area (Å²) in [7, 11) is 3.13. The van der Waals surface area contributed by atoms with Crippen molar-refractivity contribution in [1.29, 1.82) is 0 Å². The number of aryl methyl sites for hydroxylation is 1. The van der Waals surface area contributed by atoms with E-state index in [1.54, 1.807) is 38.7 Å². The van der Waals surface area contributed by atoms with Crippen LogP contribution in [0.15, 0.2) is 24.5 Å². The average Bonchev–Trinajstić information content (AvgIpc) is 2.78. The van der Waals surface area contributed by atoms with Crippen molar-refractivity contribution in [1.82, 2.24) is 4.98 Å². The van der Waals surface area contributed by atoms with Crippen LogP contribution in [0.3, 0.4) is 0 Å². The Morgan fingerprint density at radius 3 is 2.37 bits per heavy atom. The highest BCUT2D eigenvalue weighted by atomic mass is 35.5. The lowest BCUT2D eigenvalue weighted by molar-refractivity contribution is 0.0986. The van der Waals surface area contributed by atoms with E-state index in [1.165, 1.54) is 6.42 Å². The monoisotopic (exact) mass is 433 g/mol. The maximum Gasteiger partial charge on any atom is 0.204 e. The quantitative estimate of drug-likeness (QED) is 0.485. The van der Waals surface area contributed by atoms with Gasteiger partial charge in [0.05, 0.1) is 30.9 Å². The summed E-state index contributed by atoms with van der Waals surface area (Å²) in [6.07, 6.45) is 9.06. The van der Waals surface area contributed by atoms with Crippen LogP contribution >= 0.6 is 11.6 Å². The van der Waals surface area contributed by atoms with Gasteiger partial charge in [-0.15, -0.1) is 0 Å². The minimum absolute atomic E-state index is 0.0933. The Kier molecular flexibility index (Phi) is 9.44. The lowest BCUT2D eigenvalue weighted by Gasteiger charge is -2.25. The Labute approximate surface area is 184 Å². The Hall–Kier alpha value is -2.27. The third-order valence-electron chi connectivity index (χ3n) is 5.19. The molecule has 1 aliphatic carbocycles. The zero-order valence-electron chi connectivity index (χ0n) is 18.6. The molecule has 0 unspecified atom stereocenters. The van der Waals surface area contributed by atoms with E-state index in [2.05, 4.69) is 4.98 Å². The molecule has 1 aromatic carbocycles. The Balaban J connectivity index is 0.00000155. The average molecular weight is 434 g/mol. The van der Waals surface area contributed by atoms with Gasteiger partial charge in [-0.05, 0) is 55.9 Å². The molecule has 6 heteroatoms. The smallest absolute Gasteiger partial charge is 0.204 e. The molecule has 1 fully saturated rings. The first kappa shape index (κ1) is 24.0. The molecular formula is C24H32ClNO4. The zero-order valence-corrected chi connectivity index (χ0v) is 19.3. The van der Waals surface area contributed by atoms with Crippen LogP contribution in [0.5, 0.6) is 17.2 Å². The number of rotatable bonds is 7. The van der Waals surface area contributed by atoms with Crippen LogP contribution < -0.4 is 14.2 Å². The van der Waals surface area contributed by atoms with Crippen LogP contribution in [-0.4, -0.2) is 31.1 Å². The number of halogens is 1. The number of aromatic nitrogens is 1. The van der Waals surface area contributed by atoms with E-state index < -0.39 is 0 Å². The fraction of sp³-hybridized carbons (Fsp3) is 0.500. The summed E-state index contributed by atoms with van der Waals surface area (Å²) in [5, 5.41) is 0.486. The third-order valence-corrected chi connectivity index (χ3v) is 5.52. The van der Waals surface area contributed by atoms with Crippen LogP contribution in [0.4, 0.5) is 0 Å². The second kappa shape index (κ2) is 11.8. The lowest BCUT2D eigenvalue weighted by atomic mass is 9.97. The van der Waals surface area contributed by atoms with Crippen molar-refractivity contribution < 1.29 is 19.0 Å². The van der Waals surface area contributed by atoms with E-state index >= 15 is 0 Å². The van der Waals surface area contributed by atoms with Crippen molar-refractivity contribution in [2.75, 3.05) is 14.2 Å². The number of nitrogens with zero attached hydrogens (tertiary/aromatic N) is 1. The van der Waals surface area contributed by atoms with E-state index in [-0.39, 0.29) is 18.3 Å². The van der Waals surface area contributed by atoms with Crippen LogP contribution in [0.2, 0.25) is 5.02 Å². The maximum absolute atomic E-state index is 13.1. The highest BCUT2D eigenvalue weighted by molar-refractivity contribution is 6.31. The molecule has 1 saturated carbocycles. The summed E-state index contributed by atoms with van der Waals surface area (Å²) in [5.41, 5.74) is 2.11. The van der Waals surface area contributed by atoms with E-state index in [4.69, 9.17) is 25.8 Å². The number of benzene rings is 1. The molecular weight excluding hydrogens is 402 g/mol. The van der Waals surface area contributed by atoms with Gasteiger partial charge in [-0.1, -0.05) is 31.9 Å². The van der Waals surface area contributed by atoms with Crippen molar-refractivity contribution >= 4 is 17.4 Å². The number of ether oxygens (including phenoxy) is 3. The largest absolute Gasteiger partial charge is 0.493 e. The van der Waals surface area contributed by atoms with Crippen LogP contribution in [0.25, 0.3) is 0 Å². The van der Waals surface area contributed by atoms with Crippen molar-refractivity contribution in [3.8, 4) is 17.2 Å². The van der Waals surface area contributed by atoms with E-state index in [9.17, 15) is 4.79 Å². The maximum atomic E-state index is 13.1. The summed E-state index contributed by atoms with van der Waals surface area (Å²) in [4.78, 5) is 17.1. The highest BCUT2D eigenvalue weighted by Crippen LogP contribution is 2.42. The topological polar surface area (TPSA) is 57.7 Å². The normalized spacial score (nSPS) is 13.8. The first-order valence-corrected chi connectivity index (χ1v) is 11.0. The van der Waals surface area contributed by atoms with Gasteiger partial charge in [0.2, 0.25) is 5.75 Å². The number of pyridine rings is 1. The molecule has 0 atom stereocenters. The molecule has 30 heavy (non-hydrogen) atoms. The van der Waals surface area contributed by atoms with Gasteiger partial charge in [0, 0.05) is 18.8 Å². The fourth-order valence-corrected chi connectivity index (χ4v) is 3.90. The molecule has 164 valence electrons. The van der Waals surface area contributed by atoms with Gasteiger partial charge in [0.1, 0.15) is 0 Å². The SMILES string of the molecule is CC.COc1ccc(C(=O)Cc2c(C)cncc2Cl)c(OC)c1OC1CCCCC1. The van der Waals surface area contributed by atoms with Gasteiger partial charge in [0.15, 0.2) is 17.3 Å². The second-order valence-corrected chi connectivity index (χ2v) is 7.48. The molecule has 1 aromatic heterocycles. The van der Waals surface area contributed by atoms with Crippen molar-refractivity contribution in [2.45, 2.75) is 65.4 Å².